The van der Waals surface area contributed by atoms with Gasteiger partial charge in [0, 0.05) is 17.4 Å². The minimum Gasteiger partial charge on any atom is -0.322 e. The zero-order valence-corrected chi connectivity index (χ0v) is 11.4. The van der Waals surface area contributed by atoms with Crippen LogP contribution in [0.1, 0.15) is 15.9 Å². The van der Waals surface area contributed by atoms with Crippen molar-refractivity contribution >= 4 is 34.8 Å². The molecule has 0 aliphatic heterocycles. The summed E-state index contributed by atoms with van der Waals surface area (Å²) in [5, 5.41) is 2.92. The molecule has 0 bridgehead atoms. The van der Waals surface area contributed by atoms with E-state index in [1.807, 2.05) is 0 Å². The number of aromatic nitrogens is 1. The molecule has 0 aliphatic carbocycles. The summed E-state index contributed by atoms with van der Waals surface area (Å²) in [4.78, 5) is 15.8. The molecule has 1 N–H and O–H groups in total. The number of benzene rings is 1. The van der Waals surface area contributed by atoms with Crippen molar-refractivity contribution in [3.05, 3.63) is 57.6 Å². The second kappa shape index (κ2) is 5.55. The molecule has 0 fully saturated rings. The zero-order chi connectivity index (χ0) is 14.0. The Kier molecular flexibility index (Phi) is 4.02. The third-order valence-electron chi connectivity index (χ3n) is 2.58. The van der Waals surface area contributed by atoms with E-state index in [0.717, 1.165) is 0 Å². The smallest absolute Gasteiger partial charge is 0.257 e. The lowest BCUT2D eigenvalue weighted by atomic mass is 10.1. The predicted molar refractivity (Wildman–Crippen MR) is 73.3 cm³/mol. The Hall–Kier alpha value is -1.65. The molecule has 0 saturated carbocycles. The molecule has 3 nitrogen and oxygen atoms in total. The molecule has 2 aromatic rings. The van der Waals surface area contributed by atoms with Crippen LogP contribution in [0.5, 0.6) is 0 Å². The van der Waals surface area contributed by atoms with Gasteiger partial charge in [-0.15, -0.1) is 0 Å². The van der Waals surface area contributed by atoms with Gasteiger partial charge in [-0.3, -0.25) is 4.79 Å². The minimum atomic E-state index is -0.469. The lowest BCUT2D eigenvalue weighted by molar-refractivity contribution is 0.102. The van der Waals surface area contributed by atoms with Gasteiger partial charge in [-0.1, -0.05) is 29.3 Å². The number of carbonyl (C=O) groups excluding carboxylic acids is 1. The number of hydrogen-bond acceptors (Lipinski definition) is 2. The van der Waals surface area contributed by atoms with E-state index >= 15 is 0 Å². The molecule has 0 aliphatic rings. The fourth-order valence-corrected chi connectivity index (χ4v) is 1.87. The van der Waals surface area contributed by atoms with E-state index in [2.05, 4.69) is 10.3 Å². The van der Waals surface area contributed by atoms with Crippen LogP contribution in [0, 0.1) is 12.7 Å². The van der Waals surface area contributed by atoms with E-state index in [9.17, 15) is 9.18 Å². The van der Waals surface area contributed by atoms with Crippen molar-refractivity contribution in [2.75, 3.05) is 5.32 Å². The summed E-state index contributed by atoms with van der Waals surface area (Å²) in [6.07, 6.45) is 1.29. The Balaban J connectivity index is 2.31. The summed E-state index contributed by atoms with van der Waals surface area (Å²) in [6.45, 7) is 1.58. The Morgan fingerprint density at radius 3 is 2.84 bits per heavy atom. The number of rotatable bonds is 2. The van der Waals surface area contributed by atoms with Gasteiger partial charge in [0.05, 0.1) is 10.6 Å². The Bertz CT molecular complexity index is 647. The zero-order valence-electron chi connectivity index (χ0n) is 9.88. The molecule has 19 heavy (non-hydrogen) atoms. The van der Waals surface area contributed by atoms with Crippen LogP contribution in [-0.4, -0.2) is 10.9 Å². The maximum atomic E-state index is 13.4. The SMILES string of the molecule is Cc1c(F)cccc1NC(=O)c1cc(Cl)ncc1Cl. The van der Waals surface area contributed by atoms with E-state index < -0.39 is 11.7 Å². The van der Waals surface area contributed by atoms with Crippen LogP contribution >= 0.6 is 23.2 Å². The van der Waals surface area contributed by atoms with Crippen LogP contribution in [-0.2, 0) is 0 Å². The average molecular weight is 299 g/mol. The van der Waals surface area contributed by atoms with Crippen molar-refractivity contribution in [3.8, 4) is 0 Å². The van der Waals surface area contributed by atoms with Crippen molar-refractivity contribution in [3.63, 3.8) is 0 Å². The topological polar surface area (TPSA) is 42.0 Å². The fourth-order valence-electron chi connectivity index (χ4n) is 1.52. The molecule has 1 amide bonds. The van der Waals surface area contributed by atoms with Gasteiger partial charge in [-0.2, -0.15) is 0 Å². The van der Waals surface area contributed by atoms with Crippen LogP contribution in [0.2, 0.25) is 10.2 Å². The van der Waals surface area contributed by atoms with Crippen LogP contribution in [0.4, 0.5) is 10.1 Å². The van der Waals surface area contributed by atoms with Gasteiger partial charge in [0.25, 0.3) is 5.91 Å². The number of carbonyl (C=O) groups is 1. The highest BCUT2D eigenvalue weighted by Gasteiger charge is 2.13. The normalized spacial score (nSPS) is 10.3. The van der Waals surface area contributed by atoms with Crippen LogP contribution in [0.3, 0.4) is 0 Å². The monoisotopic (exact) mass is 298 g/mol. The van der Waals surface area contributed by atoms with Crippen LogP contribution in [0.25, 0.3) is 0 Å². The van der Waals surface area contributed by atoms with Gasteiger partial charge < -0.3 is 5.32 Å². The molecule has 0 saturated heterocycles. The van der Waals surface area contributed by atoms with Crippen molar-refractivity contribution in [1.29, 1.82) is 0 Å². The first kappa shape index (κ1) is 13.8. The highest BCUT2D eigenvalue weighted by atomic mass is 35.5. The van der Waals surface area contributed by atoms with E-state index in [4.69, 9.17) is 23.2 Å². The number of halogens is 3. The summed E-state index contributed by atoms with van der Waals surface area (Å²) in [6, 6.07) is 5.79. The summed E-state index contributed by atoms with van der Waals surface area (Å²) < 4.78 is 13.4. The first-order chi connectivity index (χ1) is 8.99. The van der Waals surface area contributed by atoms with E-state index in [0.29, 0.717) is 11.3 Å². The molecule has 1 aromatic carbocycles. The van der Waals surface area contributed by atoms with Gasteiger partial charge in [-0.05, 0) is 25.1 Å². The molecule has 1 aromatic heterocycles. The van der Waals surface area contributed by atoms with Crippen molar-refractivity contribution in [1.82, 2.24) is 4.98 Å². The Labute approximate surface area is 119 Å². The third kappa shape index (κ3) is 3.03. The Morgan fingerprint density at radius 2 is 2.11 bits per heavy atom. The van der Waals surface area contributed by atoms with Crippen molar-refractivity contribution in [2.24, 2.45) is 0 Å². The number of nitrogens with zero attached hydrogens (tertiary/aromatic N) is 1. The maximum Gasteiger partial charge on any atom is 0.257 e. The predicted octanol–water partition coefficient (Wildman–Crippen LogP) is 4.09. The number of hydrogen-bond donors (Lipinski definition) is 1. The van der Waals surface area contributed by atoms with Crippen molar-refractivity contribution in [2.45, 2.75) is 6.92 Å². The Morgan fingerprint density at radius 1 is 1.37 bits per heavy atom. The molecule has 98 valence electrons. The first-order valence-corrected chi connectivity index (χ1v) is 6.12. The summed E-state index contributed by atoms with van der Waals surface area (Å²) in [5.41, 5.74) is 0.923. The van der Waals surface area contributed by atoms with E-state index in [-0.39, 0.29) is 15.7 Å². The lowest BCUT2D eigenvalue weighted by Crippen LogP contribution is -2.14. The van der Waals surface area contributed by atoms with Gasteiger partial charge in [0.1, 0.15) is 11.0 Å². The number of pyridine rings is 1. The average Bonchev–Trinajstić information content (AvgIpc) is 2.38. The van der Waals surface area contributed by atoms with E-state index in [1.165, 1.54) is 24.4 Å². The molecule has 0 atom stereocenters. The molecule has 0 radical (unpaired) electrons. The second-order valence-corrected chi connectivity index (χ2v) is 4.65. The number of amides is 1. The molecule has 0 unspecified atom stereocenters. The van der Waals surface area contributed by atoms with Gasteiger partial charge in [0.15, 0.2) is 0 Å². The number of nitrogens with one attached hydrogen (secondary N) is 1. The lowest BCUT2D eigenvalue weighted by Gasteiger charge is -2.09. The quantitative estimate of drug-likeness (QED) is 0.849. The maximum absolute atomic E-state index is 13.4. The largest absolute Gasteiger partial charge is 0.322 e. The van der Waals surface area contributed by atoms with Crippen molar-refractivity contribution < 1.29 is 9.18 Å². The standard InChI is InChI=1S/C13H9Cl2FN2O/c1-7-10(16)3-2-4-11(7)18-13(19)8-5-12(15)17-6-9(8)14/h2-6H,1H3,(H,18,19). The second-order valence-electron chi connectivity index (χ2n) is 3.85. The molecule has 6 heteroatoms. The molecule has 2 rings (SSSR count). The van der Waals surface area contributed by atoms with Gasteiger partial charge in [0.2, 0.25) is 0 Å². The highest BCUT2D eigenvalue weighted by Crippen LogP contribution is 2.22. The van der Waals surface area contributed by atoms with Crippen LogP contribution < -0.4 is 5.32 Å². The molecule has 1 heterocycles. The minimum absolute atomic E-state index is 0.158. The molecule has 0 spiro atoms. The first-order valence-electron chi connectivity index (χ1n) is 5.36. The van der Waals surface area contributed by atoms with Gasteiger partial charge in [-0.25, -0.2) is 9.37 Å². The molecular formula is C13H9Cl2FN2O. The summed E-state index contributed by atoms with van der Waals surface area (Å²) in [5.74, 6) is -0.861. The fraction of sp³-hybridized carbons (Fsp3) is 0.0769. The van der Waals surface area contributed by atoms with E-state index in [1.54, 1.807) is 13.0 Å². The highest BCUT2D eigenvalue weighted by molar-refractivity contribution is 6.35. The molecular weight excluding hydrogens is 290 g/mol. The third-order valence-corrected chi connectivity index (χ3v) is 3.09. The summed E-state index contributed by atoms with van der Waals surface area (Å²) in [7, 11) is 0. The number of anilines is 1. The van der Waals surface area contributed by atoms with Crippen LogP contribution in [0.15, 0.2) is 30.5 Å². The summed E-state index contributed by atoms with van der Waals surface area (Å²) >= 11 is 11.6. The van der Waals surface area contributed by atoms with Gasteiger partial charge >= 0.3 is 0 Å².